The van der Waals surface area contributed by atoms with E-state index in [9.17, 15) is 0 Å². The Hall–Kier alpha value is -1.72. The molecule has 3 N–H and O–H groups in total. The molecule has 0 heterocycles. The lowest BCUT2D eigenvalue weighted by atomic mass is 10.0. The van der Waals surface area contributed by atoms with Gasteiger partial charge in [0.15, 0.2) is 11.5 Å². The first kappa shape index (κ1) is 15.3. The number of rotatable bonds is 8. The van der Waals surface area contributed by atoms with E-state index < -0.39 is 0 Å². The molecule has 0 amide bonds. The maximum Gasteiger partial charge on any atom is 0.164 e. The van der Waals surface area contributed by atoms with Gasteiger partial charge >= 0.3 is 0 Å². The minimum atomic E-state index is -0.0345. The summed E-state index contributed by atoms with van der Waals surface area (Å²) in [6.07, 6.45) is 1.79. The third-order valence-corrected chi connectivity index (χ3v) is 2.86. The first-order chi connectivity index (χ1) is 9.21. The lowest BCUT2D eigenvalue weighted by Crippen LogP contribution is -2.28. The summed E-state index contributed by atoms with van der Waals surface area (Å²) >= 11 is 0. The van der Waals surface area contributed by atoms with E-state index >= 15 is 0 Å². The first-order valence-corrected chi connectivity index (χ1v) is 6.06. The average molecular weight is 266 g/mol. The van der Waals surface area contributed by atoms with Crippen molar-refractivity contribution in [1.29, 1.82) is 0 Å². The molecule has 1 unspecified atom stereocenters. The Kier molecular flexibility index (Phi) is 6.18. The van der Waals surface area contributed by atoms with Gasteiger partial charge in [-0.25, -0.2) is 0 Å². The molecule has 19 heavy (non-hydrogen) atoms. The summed E-state index contributed by atoms with van der Waals surface area (Å²) in [4.78, 5) is 0. The molecule has 0 aliphatic carbocycles. The van der Waals surface area contributed by atoms with Crippen LogP contribution < -0.4 is 25.3 Å². The summed E-state index contributed by atoms with van der Waals surface area (Å²) in [5.41, 5.74) is 6.74. The van der Waals surface area contributed by atoms with Gasteiger partial charge in [0.25, 0.3) is 0 Å². The highest BCUT2D eigenvalue weighted by Crippen LogP contribution is 2.37. The van der Waals surface area contributed by atoms with Crippen molar-refractivity contribution in [2.45, 2.75) is 6.04 Å². The van der Waals surface area contributed by atoms with Crippen LogP contribution >= 0.6 is 0 Å². The smallest absolute Gasteiger partial charge is 0.164 e. The van der Waals surface area contributed by atoms with E-state index in [1.54, 1.807) is 33.5 Å². The fourth-order valence-electron chi connectivity index (χ4n) is 1.87. The monoisotopic (exact) mass is 266 g/mol. The Bertz CT molecular complexity index is 421. The van der Waals surface area contributed by atoms with E-state index in [1.807, 2.05) is 6.07 Å². The molecular weight excluding hydrogens is 244 g/mol. The van der Waals surface area contributed by atoms with E-state index in [2.05, 4.69) is 11.9 Å². The number of ether oxygens (including phenoxy) is 3. The predicted molar refractivity (Wildman–Crippen MR) is 76.1 cm³/mol. The largest absolute Gasteiger partial charge is 0.496 e. The van der Waals surface area contributed by atoms with Gasteiger partial charge in [0, 0.05) is 30.8 Å². The number of nitrogens with two attached hydrogens (primary N) is 1. The Morgan fingerprint density at radius 3 is 2.21 bits per heavy atom. The fourth-order valence-corrected chi connectivity index (χ4v) is 1.87. The van der Waals surface area contributed by atoms with Gasteiger partial charge in [-0.05, 0) is 6.07 Å². The molecule has 5 nitrogen and oxygen atoms in total. The van der Waals surface area contributed by atoms with Crippen LogP contribution in [0.3, 0.4) is 0 Å². The SMILES string of the molecule is C=CCNC(CN)c1cc(OC)c(OC)cc1OC. The van der Waals surface area contributed by atoms with Gasteiger partial charge in [0.1, 0.15) is 5.75 Å². The van der Waals surface area contributed by atoms with Gasteiger partial charge in [0.2, 0.25) is 0 Å². The summed E-state index contributed by atoms with van der Waals surface area (Å²) < 4.78 is 16.0. The standard InChI is InChI=1S/C14H22N2O3/c1-5-6-16-11(9-15)10-7-13(18-3)14(19-4)8-12(10)17-2/h5,7-8,11,16H,1,6,9,15H2,2-4H3. The number of hydrogen-bond acceptors (Lipinski definition) is 5. The molecule has 1 aromatic rings. The fraction of sp³-hybridized carbons (Fsp3) is 0.429. The van der Waals surface area contributed by atoms with Gasteiger partial charge in [0.05, 0.1) is 21.3 Å². The molecule has 1 atom stereocenters. The van der Waals surface area contributed by atoms with Crippen LogP contribution in [0.15, 0.2) is 24.8 Å². The molecule has 0 spiro atoms. The summed E-state index contributed by atoms with van der Waals surface area (Å²) in [6, 6.07) is 3.64. The zero-order chi connectivity index (χ0) is 14.3. The topological polar surface area (TPSA) is 65.7 Å². The summed E-state index contributed by atoms with van der Waals surface area (Å²) in [6.45, 7) is 4.80. The van der Waals surface area contributed by atoms with E-state index in [-0.39, 0.29) is 6.04 Å². The van der Waals surface area contributed by atoms with Crippen LogP contribution in [0.5, 0.6) is 17.2 Å². The van der Waals surface area contributed by atoms with Crippen LogP contribution in [-0.2, 0) is 0 Å². The van der Waals surface area contributed by atoms with Crippen molar-refractivity contribution >= 4 is 0 Å². The Morgan fingerprint density at radius 1 is 1.16 bits per heavy atom. The Balaban J connectivity index is 3.18. The van der Waals surface area contributed by atoms with Crippen LogP contribution in [0.2, 0.25) is 0 Å². The summed E-state index contributed by atoms with van der Waals surface area (Å²) in [7, 11) is 4.81. The van der Waals surface area contributed by atoms with Crippen molar-refractivity contribution in [3.05, 3.63) is 30.4 Å². The summed E-state index contributed by atoms with van der Waals surface area (Å²) in [5, 5.41) is 3.28. The lowest BCUT2D eigenvalue weighted by molar-refractivity contribution is 0.345. The highest BCUT2D eigenvalue weighted by atomic mass is 16.5. The molecule has 0 radical (unpaired) electrons. The normalized spacial score (nSPS) is 11.8. The molecule has 5 heteroatoms. The maximum absolute atomic E-state index is 5.81. The van der Waals surface area contributed by atoms with Crippen molar-refractivity contribution < 1.29 is 14.2 Å². The maximum atomic E-state index is 5.81. The average Bonchev–Trinajstić information content (AvgIpc) is 2.47. The molecule has 0 saturated heterocycles. The Labute approximate surface area is 114 Å². The second-order valence-corrected chi connectivity index (χ2v) is 3.93. The molecule has 0 aromatic heterocycles. The number of nitrogens with one attached hydrogen (secondary N) is 1. The van der Waals surface area contributed by atoms with Crippen LogP contribution in [0.25, 0.3) is 0 Å². The Morgan fingerprint density at radius 2 is 1.74 bits per heavy atom. The zero-order valence-electron chi connectivity index (χ0n) is 11.7. The van der Waals surface area contributed by atoms with Crippen LogP contribution in [0.1, 0.15) is 11.6 Å². The van der Waals surface area contributed by atoms with E-state index in [1.165, 1.54) is 0 Å². The number of hydrogen-bond donors (Lipinski definition) is 2. The molecule has 0 aliphatic rings. The predicted octanol–water partition coefficient (Wildman–Crippen LogP) is 1.49. The third kappa shape index (κ3) is 3.62. The molecule has 0 fully saturated rings. The second-order valence-electron chi connectivity index (χ2n) is 3.93. The van der Waals surface area contributed by atoms with Crippen LogP contribution in [-0.4, -0.2) is 34.4 Å². The van der Waals surface area contributed by atoms with Crippen molar-refractivity contribution in [2.24, 2.45) is 5.73 Å². The van der Waals surface area contributed by atoms with E-state index in [4.69, 9.17) is 19.9 Å². The van der Waals surface area contributed by atoms with Crippen molar-refractivity contribution in [3.63, 3.8) is 0 Å². The third-order valence-electron chi connectivity index (χ3n) is 2.86. The second kappa shape index (κ2) is 7.66. The highest BCUT2D eigenvalue weighted by molar-refractivity contribution is 5.52. The molecule has 106 valence electrons. The van der Waals surface area contributed by atoms with Gasteiger partial charge in [-0.2, -0.15) is 0 Å². The van der Waals surface area contributed by atoms with E-state index in [0.717, 1.165) is 5.56 Å². The summed E-state index contributed by atoms with van der Waals surface area (Å²) in [5.74, 6) is 1.99. The lowest BCUT2D eigenvalue weighted by Gasteiger charge is -2.21. The molecule has 0 saturated carbocycles. The van der Waals surface area contributed by atoms with Crippen LogP contribution in [0.4, 0.5) is 0 Å². The van der Waals surface area contributed by atoms with Crippen molar-refractivity contribution in [1.82, 2.24) is 5.32 Å². The van der Waals surface area contributed by atoms with Gasteiger partial charge in [-0.1, -0.05) is 6.08 Å². The quantitative estimate of drug-likeness (QED) is 0.698. The minimum Gasteiger partial charge on any atom is -0.496 e. The molecule has 0 aliphatic heterocycles. The highest BCUT2D eigenvalue weighted by Gasteiger charge is 2.18. The first-order valence-electron chi connectivity index (χ1n) is 6.06. The van der Waals surface area contributed by atoms with Crippen molar-refractivity contribution in [3.8, 4) is 17.2 Å². The van der Waals surface area contributed by atoms with Gasteiger partial charge < -0.3 is 25.3 Å². The van der Waals surface area contributed by atoms with Crippen LogP contribution in [0, 0.1) is 0 Å². The van der Waals surface area contributed by atoms with Gasteiger partial charge in [-0.3, -0.25) is 0 Å². The number of methoxy groups -OCH3 is 3. The molecule has 0 bridgehead atoms. The van der Waals surface area contributed by atoms with E-state index in [0.29, 0.717) is 30.3 Å². The molecular formula is C14H22N2O3. The van der Waals surface area contributed by atoms with Gasteiger partial charge in [-0.15, -0.1) is 6.58 Å². The molecule has 1 rings (SSSR count). The molecule has 1 aromatic carbocycles. The van der Waals surface area contributed by atoms with Crippen molar-refractivity contribution in [2.75, 3.05) is 34.4 Å². The zero-order valence-corrected chi connectivity index (χ0v) is 11.7. The minimum absolute atomic E-state index is 0.0345. The number of benzene rings is 1.